The Labute approximate surface area is 231 Å². The molecule has 3 aromatic rings. The van der Waals surface area contributed by atoms with E-state index in [0.717, 1.165) is 17.9 Å². The average Bonchev–Trinajstić information content (AvgIpc) is 3.35. The molecule has 2 aliphatic heterocycles. The van der Waals surface area contributed by atoms with Crippen LogP contribution in [0.4, 0.5) is 4.39 Å². The third-order valence-corrected chi connectivity index (χ3v) is 8.34. The van der Waals surface area contributed by atoms with Gasteiger partial charge in [0.15, 0.2) is 11.6 Å². The van der Waals surface area contributed by atoms with E-state index in [1.165, 1.54) is 18.9 Å². The van der Waals surface area contributed by atoms with Crippen LogP contribution >= 0.6 is 0 Å². The lowest BCUT2D eigenvalue weighted by molar-refractivity contribution is 0.141. The fraction of sp³-hybridized carbons (Fsp3) is 0.355. The zero-order valence-electron chi connectivity index (χ0n) is 22.4. The van der Waals surface area contributed by atoms with E-state index in [4.69, 9.17) is 9.47 Å². The minimum Gasteiger partial charge on any atom is -0.772 e. The van der Waals surface area contributed by atoms with Gasteiger partial charge >= 0.3 is 0 Å². The maximum absolute atomic E-state index is 15.1. The second kappa shape index (κ2) is 11.5. The van der Waals surface area contributed by atoms with Crippen LogP contribution in [0.1, 0.15) is 62.0 Å². The molecular weight excluding hydrogens is 517 g/mol. The summed E-state index contributed by atoms with van der Waals surface area (Å²) in [4.78, 5) is 2.48. The van der Waals surface area contributed by atoms with E-state index in [2.05, 4.69) is 18.7 Å². The number of likely N-dealkylation sites (tertiary alicyclic amines) is 1. The van der Waals surface area contributed by atoms with E-state index in [-0.39, 0.29) is 11.3 Å². The lowest BCUT2D eigenvalue weighted by Crippen LogP contribution is -2.39. The Bertz CT molecular complexity index is 1410. The molecule has 6 nitrogen and oxygen atoms in total. The smallest absolute Gasteiger partial charge is 0.176 e. The number of benzene rings is 3. The Hall–Kier alpha value is -3.20. The highest BCUT2D eigenvalue weighted by atomic mass is 32.2. The third-order valence-electron chi connectivity index (χ3n) is 7.79. The number of hydrogen-bond donors (Lipinski definition) is 1. The molecule has 2 aliphatic rings. The van der Waals surface area contributed by atoms with Gasteiger partial charge in [-0.1, -0.05) is 47.5 Å². The van der Waals surface area contributed by atoms with Crippen LogP contribution in [-0.4, -0.2) is 44.0 Å². The van der Waals surface area contributed by atoms with Gasteiger partial charge in [-0.25, -0.2) is 4.39 Å². The van der Waals surface area contributed by atoms with Gasteiger partial charge in [0.2, 0.25) is 0 Å². The molecule has 1 N–H and O–H groups in total. The van der Waals surface area contributed by atoms with Crippen molar-refractivity contribution in [1.82, 2.24) is 4.90 Å². The van der Waals surface area contributed by atoms with Crippen LogP contribution in [0, 0.1) is 5.82 Å². The lowest BCUT2D eigenvalue weighted by Gasteiger charge is -2.32. The minimum absolute atomic E-state index is 0.171. The number of allylic oxidation sites excluding steroid dienone is 1. The summed E-state index contributed by atoms with van der Waals surface area (Å²) >= 11 is -2.31. The van der Waals surface area contributed by atoms with Crippen molar-refractivity contribution in [3.8, 4) is 17.2 Å². The summed E-state index contributed by atoms with van der Waals surface area (Å²) in [5, 5.41) is 10.1. The van der Waals surface area contributed by atoms with Gasteiger partial charge in [0.05, 0.1) is 5.56 Å². The first-order valence-electron chi connectivity index (χ1n) is 13.3. The minimum atomic E-state index is -2.31. The molecule has 0 amide bonds. The maximum Gasteiger partial charge on any atom is 0.176 e. The highest BCUT2D eigenvalue weighted by Crippen LogP contribution is 2.49. The number of ether oxygens (including phenoxy) is 2. The molecule has 1 saturated heterocycles. The molecule has 2 heterocycles. The molecule has 0 bridgehead atoms. The fourth-order valence-electron chi connectivity index (χ4n) is 5.79. The Morgan fingerprint density at radius 2 is 1.92 bits per heavy atom. The van der Waals surface area contributed by atoms with Crippen LogP contribution in [0.3, 0.4) is 0 Å². The number of phenols is 1. The summed E-state index contributed by atoms with van der Waals surface area (Å²) in [6, 6.07) is 18.5. The third kappa shape index (κ3) is 5.60. The molecule has 206 valence electrons. The Morgan fingerprint density at radius 3 is 2.62 bits per heavy atom. The maximum atomic E-state index is 15.1. The standard InChI is InChI=1S/C31H34FNO5S/c1-19-7-6-16-33(19)20(2)17-37-24-12-10-22(11-13-24)31-28(25-9-5-4-8-23(25)18-39(35)36)21(3)29-27(38-31)15-14-26(34)30(29)32/h4-5,8-15,19-20,31,34H,6-7,16-18H2,1-3H3,(H,35,36)/p-1/t19-,20+,31?/m1/s1. The quantitative estimate of drug-likeness (QED) is 0.335. The van der Waals surface area contributed by atoms with Crippen molar-refractivity contribution in [3.05, 3.63) is 88.7 Å². The van der Waals surface area contributed by atoms with E-state index in [0.29, 0.717) is 46.7 Å². The molecule has 4 atom stereocenters. The van der Waals surface area contributed by atoms with Crippen LogP contribution in [0.15, 0.2) is 60.7 Å². The number of hydrogen-bond acceptors (Lipinski definition) is 6. The van der Waals surface area contributed by atoms with Crippen molar-refractivity contribution >= 4 is 22.2 Å². The lowest BCUT2D eigenvalue weighted by atomic mass is 9.84. The summed E-state index contributed by atoms with van der Waals surface area (Å²) in [5.74, 6) is -0.363. The van der Waals surface area contributed by atoms with Crippen molar-refractivity contribution in [2.75, 3.05) is 13.2 Å². The predicted molar refractivity (Wildman–Crippen MR) is 150 cm³/mol. The van der Waals surface area contributed by atoms with Gasteiger partial charge in [0, 0.05) is 23.4 Å². The number of halogens is 1. The van der Waals surface area contributed by atoms with Crippen molar-refractivity contribution in [2.24, 2.45) is 0 Å². The average molecular weight is 551 g/mol. The van der Waals surface area contributed by atoms with Crippen LogP contribution in [0.5, 0.6) is 17.2 Å². The van der Waals surface area contributed by atoms with Gasteiger partial charge in [-0.2, -0.15) is 0 Å². The molecule has 0 aliphatic carbocycles. The number of nitrogens with zero attached hydrogens (tertiary/aromatic N) is 1. The molecule has 39 heavy (non-hydrogen) atoms. The fourth-order valence-corrected chi connectivity index (χ4v) is 6.29. The van der Waals surface area contributed by atoms with Gasteiger partial charge in [0.1, 0.15) is 24.2 Å². The van der Waals surface area contributed by atoms with Gasteiger partial charge in [0.25, 0.3) is 0 Å². The number of rotatable bonds is 8. The molecule has 1 fully saturated rings. The van der Waals surface area contributed by atoms with Crippen molar-refractivity contribution in [1.29, 1.82) is 0 Å². The zero-order chi connectivity index (χ0) is 27.7. The first-order chi connectivity index (χ1) is 18.7. The van der Waals surface area contributed by atoms with Crippen LogP contribution in [0.2, 0.25) is 0 Å². The second-order valence-electron chi connectivity index (χ2n) is 10.4. The van der Waals surface area contributed by atoms with Gasteiger partial charge in [-0.05, 0) is 86.7 Å². The molecule has 0 radical (unpaired) electrons. The summed E-state index contributed by atoms with van der Waals surface area (Å²) < 4.78 is 50.8. The first-order valence-corrected chi connectivity index (χ1v) is 14.5. The topological polar surface area (TPSA) is 82.1 Å². The van der Waals surface area contributed by atoms with E-state index in [1.54, 1.807) is 25.1 Å². The van der Waals surface area contributed by atoms with Gasteiger partial charge in [-0.15, -0.1) is 0 Å². The second-order valence-corrected chi connectivity index (χ2v) is 11.3. The summed E-state index contributed by atoms with van der Waals surface area (Å²) in [6.07, 6.45) is 1.81. The first kappa shape index (κ1) is 27.4. The summed E-state index contributed by atoms with van der Waals surface area (Å²) in [5.41, 5.74) is 3.46. The normalized spacial score (nSPS) is 20.8. The Kier molecular flexibility index (Phi) is 8.07. The molecule has 0 spiro atoms. The van der Waals surface area contributed by atoms with E-state index >= 15 is 4.39 Å². The molecular formula is C31H33FNO5S-. The summed E-state index contributed by atoms with van der Waals surface area (Å²) in [7, 11) is 0. The SMILES string of the molecule is CC1=C(c2ccccc2CS(=O)[O-])C(c2ccc(OC[C@H](C)N3CCC[C@H]3C)cc2)Oc2ccc(O)c(F)c21. The molecule has 2 unspecified atom stereocenters. The zero-order valence-corrected chi connectivity index (χ0v) is 23.2. The monoisotopic (exact) mass is 550 g/mol. The summed E-state index contributed by atoms with van der Waals surface area (Å²) in [6.45, 7) is 7.90. The van der Waals surface area contributed by atoms with Crippen LogP contribution in [0.25, 0.3) is 11.1 Å². The van der Waals surface area contributed by atoms with Gasteiger partial charge < -0.3 is 19.1 Å². The Morgan fingerprint density at radius 1 is 1.18 bits per heavy atom. The highest BCUT2D eigenvalue weighted by Gasteiger charge is 2.33. The van der Waals surface area contributed by atoms with Crippen molar-refractivity contribution in [3.63, 3.8) is 0 Å². The van der Waals surface area contributed by atoms with Crippen LogP contribution in [-0.2, 0) is 16.8 Å². The highest BCUT2D eigenvalue weighted by molar-refractivity contribution is 7.78. The number of phenolic OH excluding ortho intramolecular Hbond substituents is 1. The van der Waals surface area contributed by atoms with Gasteiger partial charge in [-0.3, -0.25) is 9.11 Å². The molecule has 0 saturated carbocycles. The number of fused-ring (bicyclic) bond motifs is 1. The number of aromatic hydroxyl groups is 1. The molecule has 0 aromatic heterocycles. The van der Waals surface area contributed by atoms with E-state index in [1.807, 2.05) is 36.4 Å². The van der Waals surface area contributed by atoms with E-state index in [9.17, 15) is 13.9 Å². The van der Waals surface area contributed by atoms with Crippen molar-refractivity contribution in [2.45, 2.75) is 57.6 Å². The predicted octanol–water partition coefficient (Wildman–Crippen LogP) is 6.23. The van der Waals surface area contributed by atoms with Crippen molar-refractivity contribution < 1.29 is 27.7 Å². The van der Waals surface area contributed by atoms with E-state index < -0.39 is 28.8 Å². The largest absolute Gasteiger partial charge is 0.772 e. The Balaban J connectivity index is 1.49. The molecule has 8 heteroatoms. The van der Waals surface area contributed by atoms with Crippen LogP contribution < -0.4 is 9.47 Å². The molecule has 5 rings (SSSR count). The molecule has 3 aromatic carbocycles.